The highest BCUT2D eigenvalue weighted by atomic mass is 35.5. The minimum absolute atomic E-state index is 0. The van der Waals surface area contributed by atoms with E-state index in [1.165, 1.54) is 11.3 Å². The maximum absolute atomic E-state index is 9.85. The normalized spacial score (nSPS) is 22.9. The first-order valence-corrected chi connectivity index (χ1v) is 6.86. The number of hydrogen-bond acceptors (Lipinski definition) is 8. The lowest BCUT2D eigenvalue weighted by atomic mass is 10.2. The summed E-state index contributed by atoms with van der Waals surface area (Å²) in [6, 6.07) is -0.0421. The number of nitrogens with zero attached hydrogens (tertiary/aromatic N) is 4. The fraction of sp³-hybridized carbons (Fsp3) is 0.545. The molecule has 20 heavy (non-hydrogen) atoms. The number of halogens is 1. The number of rotatable bonds is 3. The van der Waals surface area contributed by atoms with Crippen molar-refractivity contribution in [3.63, 3.8) is 0 Å². The Morgan fingerprint density at radius 3 is 3.00 bits per heavy atom. The maximum Gasteiger partial charge on any atom is 0.244 e. The van der Waals surface area contributed by atoms with Crippen molar-refractivity contribution in [3.8, 4) is 0 Å². The number of aromatic nitrogens is 3. The molecule has 0 amide bonds. The lowest BCUT2D eigenvalue weighted by molar-refractivity contribution is 0.170. The number of aliphatic hydroxyl groups excluding tert-OH is 1. The van der Waals surface area contributed by atoms with Crippen molar-refractivity contribution >= 4 is 28.9 Å². The van der Waals surface area contributed by atoms with Gasteiger partial charge in [0, 0.05) is 24.2 Å². The lowest BCUT2D eigenvalue weighted by Crippen LogP contribution is -2.24. The van der Waals surface area contributed by atoms with Gasteiger partial charge in [-0.2, -0.15) is 4.98 Å². The van der Waals surface area contributed by atoms with Crippen LogP contribution >= 0.6 is 23.7 Å². The average Bonchev–Trinajstić information content (AvgIpc) is 3.02. The van der Waals surface area contributed by atoms with Crippen molar-refractivity contribution in [1.29, 1.82) is 0 Å². The molecular weight excluding hydrogens is 302 g/mol. The van der Waals surface area contributed by atoms with Crippen LogP contribution in [0.2, 0.25) is 0 Å². The standard InChI is InChI=1S/C11H15N5O2S.ClH/c1-6-14-10(18-15-6)9-2-7(17)4-16(9)5-8-3-13-11(12)19-8;/h3,7,9,17H,2,4-5H2,1H3,(H2,12,13);1H/t7-,9-;/m1./s1. The van der Waals surface area contributed by atoms with Crippen LogP contribution in [0.3, 0.4) is 0 Å². The molecule has 3 heterocycles. The maximum atomic E-state index is 9.85. The zero-order chi connectivity index (χ0) is 13.4. The SMILES string of the molecule is Cc1noc([C@H]2C[C@@H](O)CN2Cc2cnc(N)s2)n1.Cl. The van der Waals surface area contributed by atoms with Gasteiger partial charge in [-0.1, -0.05) is 5.16 Å². The zero-order valence-corrected chi connectivity index (χ0v) is 12.5. The van der Waals surface area contributed by atoms with Crippen LogP contribution < -0.4 is 5.73 Å². The first-order valence-electron chi connectivity index (χ1n) is 6.04. The summed E-state index contributed by atoms with van der Waals surface area (Å²) in [4.78, 5) is 11.5. The van der Waals surface area contributed by atoms with E-state index in [0.717, 1.165) is 4.88 Å². The van der Waals surface area contributed by atoms with Crippen LogP contribution in [0.4, 0.5) is 5.13 Å². The average molecular weight is 318 g/mol. The molecule has 0 radical (unpaired) electrons. The second-order valence-corrected chi connectivity index (χ2v) is 5.83. The number of hydrogen-bond donors (Lipinski definition) is 2. The van der Waals surface area contributed by atoms with E-state index >= 15 is 0 Å². The van der Waals surface area contributed by atoms with Crippen molar-refractivity contribution in [2.75, 3.05) is 12.3 Å². The van der Waals surface area contributed by atoms with Crippen molar-refractivity contribution in [2.24, 2.45) is 0 Å². The van der Waals surface area contributed by atoms with Gasteiger partial charge < -0.3 is 15.4 Å². The Hall–Kier alpha value is -1.22. The van der Waals surface area contributed by atoms with Crippen LogP contribution in [0.1, 0.15) is 29.1 Å². The Bertz CT molecular complexity index is 575. The molecular formula is C11H16ClN5O2S. The topological polar surface area (TPSA) is 101 Å². The molecule has 2 atom stereocenters. The highest BCUT2D eigenvalue weighted by Crippen LogP contribution is 2.33. The van der Waals surface area contributed by atoms with Crippen LogP contribution in [0.5, 0.6) is 0 Å². The summed E-state index contributed by atoms with van der Waals surface area (Å²) >= 11 is 1.45. The van der Waals surface area contributed by atoms with Gasteiger partial charge >= 0.3 is 0 Å². The molecule has 1 aliphatic rings. The van der Waals surface area contributed by atoms with Gasteiger partial charge in [0.05, 0.1) is 12.1 Å². The van der Waals surface area contributed by atoms with Gasteiger partial charge in [-0.3, -0.25) is 4.90 Å². The molecule has 7 nitrogen and oxygen atoms in total. The minimum Gasteiger partial charge on any atom is -0.392 e. The lowest BCUT2D eigenvalue weighted by Gasteiger charge is -2.19. The molecule has 3 rings (SSSR count). The van der Waals surface area contributed by atoms with Gasteiger partial charge in [-0.25, -0.2) is 4.98 Å². The highest BCUT2D eigenvalue weighted by molar-refractivity contribution is 7.15. The number of aliphatic hydroxyl groups is 1. The summed E-state index contributed by atoms with van der Waals surface area (Å²) < 4.78 is 5.22. The Kier molecular flexibility index (Phi) is 4.59. The molecule has 0 spiro atoms. The second-order valence-electron chi connectivity index (χ2n) is 4.68. The van der Waals surface area contributed by atoms with E-state index in [1.54, 1.807) is 13.1 Å². The van der Waals surface area contributed by atoms with Crippen molar-refractivity contribution in [3.05, 3.63) is 22.8 Å². The largest absolute Gasteiger partial charge is 0.392 e. The Balaban J connectivity index is 0.00000147. The fourth-order valence-electron chi connectivity index (χ4n) is 2.36. The molecule has 0 aromatic carbocycles. The number of nitrogen functional groups attached to an aromatic ring is 1. The third kappa shape index (κ3) is 3.09. The molecule has 2 aromatic heterocycles. The van der Waals surface area contributed by atoms with Crippen LogP contribution in [0.15, 0.2) is 10.7 Å². The molecule has 2 aromatic rings. The van der Waals surface area contributed by atoms with Crippen molar-refractivity contribution < 1.29 is 9.63 Å². The molecule has 0 unspecified atom stereocenters. The number of likely N-dealkylation sites (tertiary alicyclic amines) is 1. The van der Waals surface area contributed by atoms with E-state index in [0.29, 0.717) is 36.4 Å². The van der Waals surface area contributed by atoms with Crippen molar-refractivity contribution in [1.82, 2.24) is 20.0 Å². The molecule has 0 saturated carbocycles. The van der Waals surface area contributed by atoms with Crippen molar-refractivity contribution in [2.45, 2.75) is 32.0 Å². The number of anilines is 1. The monoisotopic (exact) mass is 317 g/mol. The first kappa shape index (κ1) is 15.2. The first-order chi connectivity index (χ1) is 9.11. The Labute approximate surface area is 126 Å². The highest BCUT2D eigenvalue weighted by Gasteiger charge is 2.35. The van der Waals surface area contributed by atoms with Gasteiger partial charge in [0.2, 0.25) is 5.89 Å². The molecule has 1 aliphatic heterocycles. The third-order valence-corrected chi connectivity index (χ3v) is 3.95. The summed E-state index contributed by atoms with van der Waals surface area (Å²) in [5.74, 6) is 1.17. The quantitative estimate of drug-likeness (QED) is 0.875. The molecule has 0 bridgehead atoms. The van der Waals surface area contributed by atoms with Gasteiger partial charge in [-0.05, 0) is 13.3 Å². The number of thiazole rings is 1. The van der Waals surface area contributed by atoms with E-state index in [2.05, 4.69) is 20.0 Å². The summed E-state index contributed by atoms with van der Waals surface area (Å²) in [7, 11) is 0. The molecule has 110 valence electrons. The molecule has 9 heteroatoms. The summed E-state index contributed by atoms with van der Waals surface area (Å²) in [6.45, 7) is 3.05. The van der Waals surface area contributed by atoms with Crippen LogP contribution in [0, 0.1) is 6.92 Å². The fourth-order valence-corrected chi connectivity index (χ4v) is 3.07. The third-order valence-electron chi connectivity index (χ3n) is 3.14. The van der Waals surface area contributed by atoms with Gasteiger partial charge in [0.1, 0.15) is 0 Å². The van der Waals surface area contributed by atoms with E-state index in [4.69, 9.17) is 10.3 Å². The Morgan fingerprint density at radius 1 is 1.60 bits per heavy atom. The summed E-state index contributed by atoms with van der Waals surface area (Å²) in [6.07, 6.45) is 2.00. The molecule has 1 saturated heterocycles. The Morgan fingerprint density at radius 2 is 2.40 bits per heavy atom. The van der Waals surface area contributed by atoms with E-state index in [9.17, 15) is 5.11 Å². The molecule has 3 N–H and O–H groups in total. The smallest absolute Gasteiger partial charge is 0.244 e. The van der Waals surface area contributed by atoms with E-state index in [1.807, 2.05) is 0 Å². The number of aryl methyl sites for hydroxylation is 1. The zero-order valence-electron chi connectivity index (χ0n) is 10.9. The second kappa shape index (κ2) is 6.04. The molecule has 0 aliphatic carbocycles. The van der Waals surface area contributed by atoms with Crippen LogP contribution in [0.25, 0.3) is 0 Å². The van der Waals surface area contributed by atoms with Crippen LogP contribution in [-0.4, -0.2) is 37.8 Å². The molecule has 1 fully saturated rings. The summed E-state index contributed by atoms with van der Waals surface area (Å²) in [5, 5.41) is 14.2. The van der Waals surface area contributed by atoms with Gasteiger partial charge in [-0.15, -0.1) is 23.7 Å². The van der Waals surface area contributed by atoms with E-state index < -0.39 is 0 Å². The number of nitrogens with two attached hydrogens (primary N) is 1. The predicted octanol–water partition coefficient (Wildman–Crippen LogP) is 1.15. The van der Waals surface area contributed by atoms with E-state index in [-0.39, 0.29) is 24.6 Å². The van der Waals surface area contributed by atoms with Crippen LogP contribution in [-0.2, 0) is 6.54 Å². The van der Waals surface area contributed by atoms with Gasteiger partial charge in [0.25, 0.3) is 0 Å². The number of β-amino-alcohol motifs (C(OH)–C–C–N with tert-alkyl or cyclic N) is 1. The predicted molar refractivity (Wildman–Crippen MR) is 76.6 cm³/mol. The van der Waals surface area contributed by atoms with Gasteiger partial charge in [0.15, 0.2) is 11.0 Å². The summed E-state index contributed by atoms with van der Waals surface area (Å²) in [5.41, 5.74) is 5.63. The minimum atomic E-state index is -0.373.